The fourth-order valence-electron chi connectivity index (χ4n) is 1.60. The summed E-state index contributed by atoms with van der Waals surface area (Å²) in [5, 5.41) is 0. The van der Waals surface area contributed by atoms with Gasteiger partial charge in [0.15, 0.2) is 0 Å². The van der Waals surface area contributed by atoms with Gasteiger partial charge in [-0.25, -0.2) is 0 Å². The normalized spacial score (nSPS) is 12.5. The lowest BCUT2D eigenvalue weighted by atomic mass is 10.3. The Kier molecular flexibility index (Phi) is 7.84. The van der Waals surface area contributed by atoms with Crippen molar-refractivity contribution in [3.8, 4) is 0 Å². The molecule has 0 unspecified atom stereocenters. The zero-order valence-electron chi connectivity index (χ0n) is 12.7. The van der Waals surface area contributed by atoms with Crippen molar-refractivity contribution in [2.75, 3.05) is 26.5 Å². The first-order valence-corrected chi connectivity index (χ1v) is 12.1. The van der Waals surface area contributed by atoms with Crippen LogP contribution < -0.4 is 0 Å². The zero-order chi connectivity index (χ0) is 15.1. The molecule has 0 radical (unpaired) electrons. The first-order valence-electron chi connectivity index (χ1n) is 6.60. The van der Waals surface area contributed by atoms with Crippen LogP contribution in [0.25, 0.3) is 0 Å². The van der Waals surface area contributed by atoms with Crippen LogP contribution in [0.15, 0.2) is 0 Å². The lowest BCUT2D eigenvalue weighted by molar-refractivity contribution is -0.130. The maximum absolute atomic E-state index is 11.8. The molecule has 0 aromatic rings. The van der Waals surface area contributed by atoms with Gasteiger partial charge in [-0.15, -0.1) is 0 Å². The van der Waals surface area contributed by atoms with Crippen LogP contribution in [0.4, 0.5) is 0 Å². The van der Waals surface area contributed by atoms with Crippen molar-refractivity contribution >= 4 is 24.1 Å². The molecule has 0 saturated carbocycles. The van der Waals surface area contributed by atoms with Gasteiger partial charge in [0.05, 0.1) is 12.9 Å². The number of nitrogens with zero attached hydrogens (tertiary/aromatic N) is 1. The van der Waals surface area contributed by atoms with E-state index in [-0.39, 0.29) is 12.5 Å². The Labute approximate surface area is 118 Å². The average Bonchev–Trinajstić information content (AvgIpc) is 2.20. The monoisotopic (exact) mass is 309 g/mol. The van der Waals surface area contributed by atoms with Crippen molar-refractivity contribution in [3.63, 3.8) is 0 Å². The lowest BCUT2D eigenvalue weighted by Gasteiger charge is -2.19. The average molecular weight is 310 g/mol. The van der Waals surface area contributed by atoms with Gasteiger partial charge < -0.3 is 4.90 Å². The summed E-state index contributed by atoms with van der Waals surface area (Å²) in [4.78, 5) is 13.5. The molecule has 0 spiro atoms. The predicted octanol–water partition coefficient (Wildman–Crippen LogP) is 1.93. The maximum atomic E-state index is 11.8. The number of hydrogen-bond acceptors (Lipinski definition) is 4. The van der Waals surface area contributed by atoms with E-state index in [9.17, 15) is 13.2 Å². The van der Waals surface area contributed by atoms with E-state index >= 15 is 0 Å². The van der Waals surface area contributed by atoms with Crippen molar-refractivity contribution in [2.45, 2.75) is 44.9 Å². The topological polar surface area (TPSA) is 63.7 Å². The highest BCUT2D eigenvalue weighted by Gasteiger charge is 2.14. The van der Waals surface area contributed by atoms with E-state index in [4.69, 9.17) is 0 Å². The third kappa shape index (κ3) is 12.4. The molecule has 0 aromatic heterocycles. The van der Waals surface area contributed by atoms with Crippen LogP contribution in [0.3, 0.4) is 0 Å². The summed E-state index contributed by atoms with van der Waals surface area (Å²) in [6.45, 7) is 7.55. The molecule has 0 rings (SSSR count). The summed E-state index contributed by atoms with van der Waals surface area (Å²) in [6.07, 6.45) is 3.08. The van der Waals surface area contributed by atoms with E-state index in [0.717, 1.165) is 18.7 Å². The minimum Gasteiger partial charge on any atom is -0.346 e. The summed E-state index contributed by atoms with van der Waals surface area (Å²) >= 11 is 0. The second-order valence-corrected chi connectivity index (χ2v) is 13.4. The molecule has 114 valence electrons. The molecule has 0 saturated heterocycles. The van der Waals surface area contributed by atoms with E-state index in [1.54, 1.807) is 11.9 Å². The molecule has 19 heavy (non-hydrogen) atoms. The molecule has 0 fully saturated rings. The van der Waals surface area contributed by atoms with Crippen molar-refractivity contribution < 1.29 is 17.4 Å². The minimum atomic E-state index is -3.37. The molecule has 0 bridgehead atoms. The molecule has 0 N–H and O–H groups in total. The third-order valence-corrected chi connectivity index (χ3v) is 5.13. The van der Waals surface area contributed by atoms with Crippen molar-refractivity contribution in [1.29, 1.82) is 0 Å². The van der Waals surface area contributed by atoms with Gasteiger partial charge in [-0.1, -0.05) is 25.7 Å². The van der Waals surface area contributed by atoms with Crippen LogP contribution in [0.5, 0.6) is 0 Å². The fraction of sp³-hybridized carbons (Fsp3) is 0.917. The Hall–Kier alpha value is -0.403. The SMILES string of the molecule is CN(CCCOS(C)(=O)=O)C(=O)CCC[Si](C)(C)C. The van der Waals surface area contributed by atoms with Gasteiger partial charge in [0, 0.05) is 28.1 Å². The van der Waals surface area contributed by atoms with Gasteiger partial charge in [0.1, 0.15) is 0 Å². The Morgan fingerprint density at radius 2 is 1.79 bits per heavy atom. The van der Waals surface area contributed by atoms with Gasteiger partial charge in [-0.2, -0.15) is 8.42 Å². The van der Waals surface area contributed by atoms with Gasteiger partial charge >= 0.3 is 0 Å². The molecule has 0 aromatic carbocycles. The standard InChI is InChI=1S/C12H27NO4SSi/c1-13(9-7-10-17-18(2,15)16)12(14)8-6-11-19(3,4)5/h6-11H2,1-5H3. The molecular weight excluding hydrogens is 282 g/mol. The molecule has 7 heteroatoms. The molecule has 0 heterocycles. The minimum absolute atomic E-state index is 0.123. The van der Waals surface area contributed by atoms with E-state index < -0.39 is 18.2 Å². The maximum Gasteiger partial charge on any atom is 0.264 e. The fourth-order valence-corrected chi connectivity index (χ4v) is 3.26. The molecule has 0 aliphatic rings. The Bertz CT molecular complexity index is 376. The van der Waals surface area contributed by atoms with E-state index in [1.165, 1.54) is 0 Å². The largest absolute Gasteiger partial charge is 0.346 e. The molecule has 0 aliphatic heterocycles. The summed E-state index contributed by atoms with van der Waals surface area (Å²) < 4.78 is 26.1. The second kappa shape index (κ2) is 8.01. The smallest absolute Gasteiger partial charge is 0.264 e. The van der Waals surface area contributed by atoms with E-state index in [2.05, 4.69) is 23.8 Å². The first-order chi connectivity index (χ1) is 8.51. The number of carbonyl (C=O) groups excluding carboxylic acids is 1. The number of amides is 1. The van der Waals surface area contributed by atoms with Crippen LogP contribution in [0.1, 0.15) is 19.3 Å². The first kappa shape index (κ1) is 18.6. The number of rotatable bonds is 9. The van der Waals surface area contributed by atoms with Crippen LogP contribution in [0.2, 0.25) is 25.7 Å². The van der Waals surface area contributed by atoms with Crippen LogP contribution in [-0.2, 0) is 19.1 Å². The number of hydrogen-bond donors (Lipinski definition) is 0. The summed E-state index contributed by atoms with van der Waals surface area (Å²) in [5.74, 6) is 0.123. The Balaban J connectivity index is 3.77. The summed E-state index contributed by atoms with van der Waals surface area (Å²) in [6, 6.07) is 1.16. The van der Waals surface area contributed by atoms with Crippen molar-refractivity contribution in [2.24, 2.45) is 0 Å². The highest BCUT2D eigenvalue weighted by Crippen LogP contribution is 2.13. The van der Waals surface area contributed by atoms with Gasteiger partial charge in [-0.05, 0) is 12.8 Å². The molecule has 1 amide bonds. The second-order valence-electron chi connectivity index (χ2n) is 6.11. The summed E-state index contributed by atoms with van der Waals surface area (Å²) in [5.41, 5.74) is 0. The zero-order valence-corrected chi connectivity index (χ0v) is 14.5. The molecule has 0 atom stereocenters. The molecule has 5 nitrogen and oxygen atoms in total. The third-order valence-electron chi connectivity index (χ3n) is 2.68. The highest BCUT2D eigenvalue weighted by molar-refractivity contribution is 7.85. The van der Waals surface area contributed by atoms with Crippen molar-refractivity contribution in [3.05, 3.63) is 0 Å². The van der Waals surface area contributed by atoms with E-state index in [0.29, 0.717) is 19.4 Å². The van der Waals surface area contributed by atoms with E-state index in [1.807, 2.05) is 0 Å². The van der Waals surface area contributed by atoms with Crippen molar-refractivity contribution in [1.82, 2.24) is 4.90 Å². The van der Waals surface area contributed by atoms with Gasteiger partial charge in [0.25, 0.3) is 10.1 Å². The lowest BCUT2D eigenvalue weighted by Crippen LogP contribution is -2.29. The van der Waals surface area contributed by atoms with Crippen LogP contribution in [-0.4, -0.2) is 53.8 Å². The highest BCUT2D eigenvalue weighted by atomic mass is 32.2. The van der Waals surface area contributed by atoms with Crippen LogP contribution >= 0.6 is 0 Å². The quantitative estimate of drug-likeness (QED) is 0.371. The predicted molar refractivity (Wildman–Crippen MR) is 80.4 cm³/mol. The Morgan fingerprint density at radius 1 is 1.21 bits per heavy atom. The summed E-state index contributed by atoms with van der Waals surface area (Å²) in [7, 11) is -2.69. The molecular formula is C12H27NO4SSi. The van der Waals surface area contributed by atoms with Gasteiger partial charge in [-0.3, -0.25) is 8.98 Å². The molecule has 0 aliphatic carbocycles. The van der Waals surface area contributed by atoms with Gasteiger partial charge in [0.2, 0.25) is 5.91 Å². The Morgan fingerprint density at radius 3 is 2.26 bits per heavy atom. The number of carbonyl (C=O) groups is 1. The van der Waals surface area contributed by atoms with Crippen LogP contribution in [0, 0.1) is 0 Å².